The first-order chi connectivity index (χ1) is 14.6. The fraction of sp³-hybridized carbons (Fsp3) is 0.417. The van der Waals surface area contributed by atoms with Crippen LogP contribution in [0, 0.1) is 0 Å². The van der Waals surface area contributed by atoms with Crippen molar-refractivity contribution < 1.29 is 14.3 Å². The highest BCUT2D eigenvalue weighted by Gasteiger charge is 2.28. The van der Waals surface area contributed by atoms with Crippen LogP contribution in [0.2, 0.25) is 5.02 Å². The number of nitrogens with zero attached hydrogens (tertiary/aromatic N) is 1. The number of methoxy groups -OCH3 is 1. The number of hydrogen-bond donors (Lipinski definition) is 1. The Hall–Kier alpha value is -2.18. The zero-order chi connectivity index (χ0) is 23.0. The maximum absolute atomic E-state index is 13.1. The highest BCUT2D eigenvalue weighted by molar-refractivity contribution is 7.99. The van der Waals surface area contributed by atoms with Gasteiger partial charge in [0, 0.05) is 22.9 Å². The van der Waals surface area contributed by atoms with Gasteiger partial charge in [-0.25, -0.2) is 0 Å². The van der Waals surface area contributed by atoms with Crippen molar-refractivity contribution in [3.8, 4) is 5.75 Å². The Morgan fingerprint density at radius 3 is 2.35 bits per heavy atom. The van der Waals surface area contributed by atoms with Crippen molar-refractivity contribution in [1.29, 1.82) is 0 Å². The normalized spacial score (nSPS) is 12.2. The van der Waals surface area contributed by atoms with Crippen LogP contribution in [0.1, 0.15) is 38.8 Å². The molecule has 1 N–H and O–H groups in total. The molecule has 0 bridgehead atoms. The summed E-state index contributed by atoms with van der Waals surface area (Å²) in [5.41, 5.74) is 1.54. The summed E-state index contributed by atoms with van der Waals surface area (Å²) < 4.78 is 5.18. The molecule has 2 rings (SSSR count). The molecule has 0 aliphatic carbocycles. The lowest BCUT2D eigenvalue weighted by Gasteiger charge is -2.31. The third-order valence-electron chi connectivity index (χ3n) is 4.62. The molecule has 1 unspecified atom stereocenters. The van der Waals surface area contributed by atoms with E-state index in [-0.39, 0.29) is 29.7 Å². The van der Waals surface area contributed by atoms with Crippen LogP contribution in [0.5, 0.6) is 5.75 Å². The number of halogens is 1. The zero-order valence-electron chi connectivity index (χ0n) is 18.8. The minimum atomic E-state index is -0.621. The summed E-state index contributed by atoms with van der Waals surface area (Å²) in [6, 6.07) is 14.5. The molecular weight excluding hydrogens is 432 g/mol. The molecule has 5 nitrogen and oxygen atoms in total. The number of carbonyl (C=O) groups is 2. The van der Waals surface area contributed by atoms with E-state index in [1.54, 1.807) is 25.0 Å². The fourth-order valence-corrected chi connectivity index (χ4v) is 3.99. The monoisotopic (exact) mass is 462 g/mol. The molecule has 0 saturated carbocycles. The summed E-state index contributed by atoms with van der Waals surface area (Å²) in [6.45, 7) is 7.79. The predicted octanol–water partition coefficient (Wildman–Crippen LogP) is 4.91. The molecule has 2 aromatic rings. The lowest BCUT2D eigenvalue weighted by atomic mass is 10.1. The van der Waals surface area contributed by atoms with Gasteiger partial charge in [0.2, 0.25) is 11.8 Å². The van der Waals surface area contributed by atoms with Gasteiger partial charge >= 0.3 is 0 Å². The van der Waals surface area contributed by atoms with Gasteiger partial charge in [-0.3, -0.25) is 9.59 Å². The average molecular weight is 463 g/mol. The molecule has 0 aromatic heterocycles. The van der Waals surface area contributed by atoms with Gasteiger partial charge < -0.3 is 15.0 Å². The number of hydrogen-bond acceptors (Lipinski definition) is 4. The van der Waals surface area contributed by atoms with Crippen LogP contribution in [0.4, 0.5) is 0 Å². The van der Waals surface area contributed by atoms with Gasteiger partial charge in [0.25, 0.3) is 0 Å². The van der Waals surface area contributed by atoms with Crippen LogP contribution in [-0.4, -0.2) is 41.2 Å². The van der Waals surface area contributed by atoms with Gasteiger partial charge in [0.05, 0.1) is 12.9 Å². The number of ether oxygens (including phenoxy) is 1. The molecule has 2 amide bonds. The second-order valence-electron chi connectivity index (χ2n) is 8.37. The highest BCUT2D eigenvalue weighted by atomic mass is 35.5. The Morgan fingerprint density at radius 2 is 1.77 bits per heavy atom. The van der Waals surface area contributed by atoms with Gasteiger partial charge in [-0.2, -0.15) is 0 Å². The Labute approximate surface area is 194 Å². The minimum absolute atomic E-state index is 0.102. The minimum Gasteiger partial charge on any atom is -0.497 e. The molecule has 0 spiro atoms. The summed E-state index contributed by atoms with van der Waals surface area (Å²) in [4.78, 5) is 27.5. The van der Waals surface area contributed by atoms with Gasteiger partial charge in [-0.15, -0.1) is 11.8 Å². The number of thioether (sulfide) groups is 1. The highest BCUT2D eigenvalue weighted by Crippen LogP contribution is 2.21. The second-order valence-corrected chi connectivity index (χ2v) is 9.76. The number of carbonyl (C=O) groups excluding carboxylic acids is 2. The molecule has 1 atom stereocenters. The molecule has 168 valence electrons. The first-order valence-electron chi connectivity index (χ1n) is 10.2. The summed E-state index contributed by atoms with van der Waals surface area (Å²) in [6.07, 6.45) is 0. The van der Waals surface area contributed by atoms with Crippen molar-refractivity contribution in [3.63, 3.8) is 0 Å². The third-order valence-corrected chi connectivity index (χ3v) is 5.97. The van der Waals surface area contributed by atoms with Crippen molar-refractivity contribution in [1.82, 2.24) is 10.2 Å². The van der Waals surface area contributed by atoms with E-state index in [4.69, 9.17) is 16.3 Å². The maximum Gasteiger partial charge on any atom is 0.242 e. The number of rotatable bonds is 9. The Balaban J connectivity index is 2.09. The third kappa shape index (κ3) is 8.11. The first-order valence-corrected chi connectivity index (χ1v) is 11.7. The summed E-state index contributed by atoms with van der Waals surface area (Å²) in [5, 5.41) is 3.54. The Kier molecular flexibility index (Phi) is 9.26. The lowest BCUT2D eigenvalue weighted by molar-refractivity contribution is -0.139. The smallest absolute Gasteiger partial charge is 0.242 e. The lowest BCUT2D eigenvalue weighted by Crippen LogP contribution is -2.52. The zero-order valence-corrected chi connectivity index (χ0v) is 20.3. The largest absolute Gasteiger partial charge is 0.497 e. The van der Waals surface area contributed by atoms with Crippen molar-refractivity contribution >= 4 is 35.2 Å². The quantitative estimate of drug-likeness (QED) is 0.575. The molecule has 0 heterocycles. The second kappa shape index (κ2) is 11.4. The van der Waals surface area contributed by atoms with E-state index in [9.17, 15) is 9.59 Å². The van der Waals surface area contributed by atoms with Gasteiger partial charge in [0.1, 0.15) is 11.8 Å². The fourth-order valence-electron chi connectivity index (χ4n) is 2.93. The molecule has 0 saturated heterocycles. The van der Waals surface area contributed by atoms with Crippen LogP contribution in [0.15, 0.2) is 48.5 Å². The van der Waals surface area contributed by atoms with Crippen molar-refractivity contribution in [2.75, 3.05) is 12.9 Å². The maximum atomic E-state index is 13.1. The Morgan fingerprint density at radius 1 is 1.13 bits per heavy atom. The van der Waals surface area contributed by atoms with E-state index in [1.807, 2.05) is 63.2 Å². The van der Waals surface area contributed by atoms with E-state index in [1.165, 1.54) is 11.8 Å². The van der Waals surface area contributed by atoms with Crippen molar-refractivity contribution in [2.24, 2.45) is 0 Å². The van der Waals surface area contributed by atoms with Gasteiger partial charge in [0.15, 0.2) is 0 Å². The molecule has 0 radical (unpaired) electrons. The number of benzene rings is 2. The molecule has 0 aliphatic heterocycles. The van der Waals surface area contributed by atoms with Gasteiger partial charge in [-0.05, 0) is 57.0 Å². The molecular formula is C24H31ClN2O3S. The van der Waals surface area contributed by atoms with Gasteiger partial charge in [-0.1, -0.05) is 41.9 Å². The molecule has 7 heteroatoms. The Bertz CT molecular complexity index is 881. The van der Waals surface area contributed by atoms with E-state index >= 15 is 0 Å². The molecule has 31 heavy (non-hydrogen) atoms. The van der Waals surface area contributed by atoms with E-state index in [2.05, 4.69) is 5.32 Å². The summed E-state index contributed by atoms with van der Waals surface area (Å²) in [7, 11) is 1.63. The topological polar surface area (TPSA) is 58.6 Å². The number of nitrogens with one attached hydrogen (secondary N) is 1. The van der Waals surface area contributed by atoms with Crippen LogP contribution in [0.3, 0.4) is 0 Å². The molecule has 0 aliphatic rings. The van der Waals surface area contributed by atoms with E-state index in [0.717, 1.165) is 16.9 Å². The van der Waals surface area contributed by atoms with E-state index in [0.29, 0.717) is 10.8 Å². The van der Waals surface area contributed by atoms with Crippen LogP contribution in [0.25, 0.3) is 0 Å². The molecule has 0 fully saturated rings. The standard InChI is InChI=1S/C24H31ClN2O3S/c1-17(23(29)26-24(2,3)4)27(14-19-8-6-7-9-21(19)25)22(28)16-31-15-18-10-12-20(30-5)13-11-18/h6-13,17H,14-16H2,1-5H3,(H,26,29). The molecule has 2 aromatic carbocycles. The number of amides is 2. The SMILES string of the molecule is COc1ccc(CSCC(=O)N(Cc2ccccc2Cl)C(C)C(=O)NC(C)(C)C)cc1. The first kappa shape index (κ1) is 25.1. The predicted molar refractivity (Wildman–Crippen MR) is 129 cm³/mol. The average Bonchev–Trinajstić information content (AvgIpc) is 2.72. The van der Waals surface area contributed by atoms with Crippen molar-refractivity contribution in [3.05, 3.63) is 64.7 Å². The summed E-state index contributed by atoms with van der Waals surface area (Å²) in [5.74, 6) is 1.47. The summed E-state index contributed by atoms with van der Waals surface area (Å²) >= 11 is 7.84. The van der Waals surface area contributed by atoms with Crippen LogP contribution >= 0.6 is 23.4 Å². The van der Waals surface area contributed by atoms with Crippen LogP contribution in [-0.2, 0) is 21.9 Å². The van der Waals surface area contributed by atoms with E-state index < -0.39 is 6.04 Å². The van der Waals surface area contributed by atoms with Crippen LogP contribution < -0.4 is 10.1 Å². The van der Waals surface area contributed by atoms with Crippen molar-refractivity contribution in [2.45, 2.75) is 51.6 Å².